The average Bonchev–Trinajstić information content (AvgIpc) is 2.37. The number of benzene rings is 1. The van der Waals surface area contributed by atoms with Crippen LogP contribution in [0.5, 0.6) is 0 Å². The quantitative estimate of drug-likeness (QED) is 0.835. The normalized spacial score (nSPS) is 15.8. The van der Waals surface area contributed by atoms with Crippen molar-refractivity contribution in [2.75, 3.05) is 7.11 Å². The number of methoxy groups -OCH3 is 1. The van der Waals surface area contributed by atoms with Crippen LogP contribution < -0.4 is 5.32 Å². The summed E-state index contributed by atoms with van der Waals surface area (Å²) in [6, 6.07) is 7.89. The van der Waals surface area contributed by atoms with Gasteiger partial charge in [-0.2, -0.15) is 0 Å². The molecule has 0 amide bonds. The molecule has 18 heavy (non-hydrogen) atoms. The number of rotatable bonds is 5. The van der Waals surface area contributed by atoms with Gasteiger partial charge in [-0.3, -0.25) is 4.79 Å². The smallest absolute Gasteiger partial charge is 0.309 e. The van der Waals surface area contributed by atoms with E-state index in [1.807, 2.05) is 38.1 Å². The molecule has 0 heterocycles. The lowest BCUT2D eigenvalue weighted by molar-refractivity contribution is -0.145. The third-order valence-corrected chi connectivity index (χ3v) is 3.46. The molecule has 0 radical (unpaired) electrons. The summed E-state index contributed by atoms with van der Waals surface area (Å²) >= 11 is 5.85. The first kappa shape index (κ1) is 15.0. The van der Waals surface area contributed by atoms with Gasteiger partial charge in [0.05, 0.1) is 13.0 Å². The van der Waals surface area contributed by atoms with Crippen molar-refractivity contribution in [3.63, 3.8) is 0 Å². The van der Waals surface area contributed by atoms with E-state index in [4.69, 9.17) is 16.3 Å². The standard InChI is InChI=1S/C14H20ClNO2/c1-9(14(17)18-4)10(2)16-11(3)12-5-7-13(15)8-6-12/h5-11,16H,1-4H3. The van der Waals surface area contributed by atoms with E-state index >= 15 is 0 Å². The fourth-order valence-corrected chi connectivity index (χ4v) is 1.90. The van der Waals surface area contributed by atoms with E-state index in [0.717, 1.165) is 10.6 Å². The van der Waals surface area contributed by atoms with Gasteiger partial charge in [0.2, 0.25) is 0 Å². The summed E-state index contributed by atoms with van der Waals surface area (Å²) in [6.45, 7) is 5.90. The minimum absolute atomic E-state index is 0.0446. The van der Waals surface area contributed by atoms with Gasteiger partial charge in [0.15, 0.2) is 0 Å². The molecule has 0 saturated heterocycles. The summed E-state index contributed by atoms with van der Waals surface area (Å²) in [6.07, 6.45) is 0. The number of carbonyl (C=O) groups is 1. The number of carbonyl (C=O) groups excluding carboxylic acids is 1. The number of halogens is 1. The molecule has 100 valence electrons. The second kappa shape index (κ2) is 6.76. The van der Waals surface area contributed by atoms with Crippen molar-refractivity contribution < 1.29 is 9.53 Å². The lowest BCUT2D eigenvalue weighted by Gasteiger charge is -2.24. The lowest BCUT2D eigenvalue weighted by atomic mass is 10.0. The number of hydrogen-bond acceptors (Lipinski definition) is 3. The van der Waals surface area contributed by atoms with Crippen molar-refractivity contribution in [2.45, 2.75) is 32.9 Å². The monoisotopic (exact) mass is 269 g/mol. The molecular formula is C14H20ClNO2. The van der Waals surface area contributed by atoms with Crippen LogP contribution in [0.2, 0.25) is 5.02 Å². The number of hydrogen-bond donors (Lipinski definition) is 1. The molecule has 0 spiro atoms. The van der Waals surface area contributed by atoms with Crippen LogP contribution in [0.1, 0.15) is 32.4 Å². The molecule has 0 aliphatic rings. The van der Waals surface area contributed by atoms with Crippen LogP contribution in [0.4, 0.5) is 0 Å². The van der Waals surface area contributed by atoms with E-state index in [-0.39, 0.29) is 24.0 Å². The van der Waals surface area contributed by atoms with Gasteiger partial charge in [-0.25, -0.2) is 0 Å². The van der Waals surface area contributed by atoms with Crippen LogP contribution in [-0.4, -0.2) is 19.1 Å². The maximum absolute atomic E-state index is 11.4. The zero-order chi connectivity index (χ0) is 13.7. The minimum Gasteiger partial charge on any atom is -0.469 e. The molecule has 1 N–H and O–H groups in total. The highest BCUT2D eigenvalue weighted by atomic mass is 35.5. The Kier molecular flexibility index (Phi) is 5.63. The number of nitrogens with one attached hydrogen (secondary N) is 1. The van der Waals surface area contributed by atoms with Gasteiger partial charge in [0, 0.05) is 17.1 Å². The molecule has 1 rings (SSSR count). The Morgan fingerprint density at radius 3 is 2.28 bits per heavy atom. The summed E-state index contributed by atoms with van der Waals surface area (Å²) in [5, 5.41) is 4.11. The highest BCUT2D eigenvalue weighted by molar-refractivity contribution is 6.30. The summed E-state index contributed by atoms with van der Waals surface area (Å²) in [5.41, 5.74) is 1.14. The molecule has 0 aromatic heterocycles. The molecule has 0 bridgehead atoms. The van der Waals surface area contributed by atoms with E-state index in [2.05, 4.69) is 12.2 Å². The molecule has 3 nitrogen and oxygen atoms in total. The van der Waals surface area contributed by atoms with Crippen molar-refractivity contribution in [1.82, 2.24) is 5.32 Å². The average molecular weight is 270 g/mol. The lowest BCUT2D eigenvalue weighted by Crippen LogP contribution is -2.38. The van der Waals surface area contributed by atoms with Crippen molar-refractivity contribution >= 4 is 17.6 Å². The summed E-state index contributed by atoms with van der Waals surface area (Å²) in [5.74, 6) is -0.372. The van der Waals surface area contributed by atoms with Gasteiger partial charge in [-0.1, -0.05) is 30.7 Å². The molecule has 4 heteroatoms. The first-order chi connectivity index (χ1) is 8.45. The highest BCUT2D eigenvalue weighted by Gasteiger charge is 2.22. The van der Waals surface area contributed by atoms with Gasteiger partial charge in [-0.05, 0) is 31.5 Å². The van der Waals surface area contributed by atoms with Crippen molar-refractivity contribution in [3.8, 4) is 0 Å². The fourth-order valence-electron chi connectivity index (χ4n) is 1.78. The first-order valence-electron chi connectivity index (χ1n) is 6.05. The van der Waals surface area contributed by atoms with Gasteiger partial charge in [-0.15, -0.1) is 0 Å². The molecule has 3 unspecified atom stereocenters. The van der Waals surface area contributed by atoms with E-state index in [9.17, 15) is 4.79 Å². The Labute approximate surface area is 113 Å². The van der Waals surface area contributed by atoms with Gasteiger partial charge < -0.3 is 10.1 Å². The van der Waals surface area contributed by atoms with E-state index in [0.29, 0.717) is 0 Å². The molecule has 3 atom stereocenters. The van der Waals surface area contributed by atoms with Gasteiger partial charge in [0.25, 0.3) is 0 Å². The van der Waals surface area contributed by atoms with Crippen molar-refractivity contribution in [1.29, 1.82) is 0 Å². The maximum Gasteiger partial charge on any atom is 0.309 e. The van der Waals surface area contributed by atoms with Crippen molar-refractivity contribution in [2.24, 2.45) is 5.92 Å². The SMILES string of the molecule is COC(=O)C(C)C(C)NC(C)c1ccc(Cl)cc1. The Hall–Kier alpha value is -1.06. The zero-order valence-electron chi connectivity index (χ0n) is 11.2. The zero-order valence-corrected chi connectivity index (χ0v) is 12.0. The van der Waals surface area contributed by atoms with E-state index < -0.39 is 0 Å². The van der Waals surface area contributed by atoms with E-state index in [1.165, 1.54) is 7.11 Å². The Morgan fingerprint density at radius 2 is 1.78 bits per heavy atom. The summed E-state index contributed by atoms with van der Waals surface area (Å²) in [4.78, 5) is 11.4. The molecule has 0 aliphatic carbocycles. The largest absolute Gasteiger partial charge is 0.469 e. The first-order valence-corrected chi connectivity index (χ1v) is 6.42. The van der Waals surface area contributed by atoms with Crippen LogP contribution in [0, 0.1) is 5.92 Å². The third-order valence-electron chi connectivity index (χ3n) is 3.21. The second-order valence-electron chi connectivity index (χ2n) is 4.54. The van der Waals surface area contributed by atoms with E-state index in [1.54, 1.807) is 0 Å². The second-order valence-corrected chi connectivity index (χ2v) is 4.98. The topological polar surface area (TPSA) is 38.3 Å². The fraction of sp³-hybridized carbons (Fsp3) is 0.500. The van der Waals surface area contributed by atoms with Gasteiger partial charge in [0.1, 0.15) is 0 Å². The third kappa shape index (κ3) is 4.00. The predicted molar refractivity (Wildman–Crippen MR) is 73.6 cm³/mol. The molecule has 0 aliphatic heterocycles. The van der Waals surface area contributed by atoms with Crippen LogP contribution in [0.3, 0.4) is 0 Å². The molecule has 0 fully saturated rings. The Bertz CT molecular complexity index is 391. The molecule has 1 aromatic carbocycles. The van der Waals surface area contributed by atoms with Crippen molar-refractivity contribution in [3.05, 3.63) is 34.9 Å². The Morgan fingerprint density at radius 1 is 1.22 bits per heavy atom. The number of ether oxygens (including phenoxy) is 1. The Balaban J connectivity index is 2.61. The number of esters is 1. The molecule has 0 saturated carbocycles. The predicted octanol–water partition coefficient (Wildman–Crippen LogP) is 3.19. The highest BCUT2D eigenvalue weighted by Crippen LogP contribution is 2.18. The summed E-state index contributed by atoms with van der Waals surface area (Å²) in [7, 11) is 1.41. The van der Waals surface area contributed by atoms with Crippen LogP contribution >= 0.6 is 11.6 Å². The molecular weight excluding hydrogens is 250 g/mol. The van der Waals surface area contributed by atoms with Gasteiger partial charge >= 0.3 is 5.97 Å². The van der Waals surface area contributed by atoms with Crippen LogP contribution in [-0.2, 0) is 9.53 Å². The van der Waals surface area contributed by atoms with Crippen LogP contribution in [0.25, 0.3) is 0 Å². The maximum atomic E-state index is 11.4. The van der Waals surface area contributed by atoms with Crippen LogP contribution in [0.15, 0.2) is 24.3 Å². The molecule has 1 aromatic rings. The minimum atomic E-state index is -0.196. The summed E-state index contributed by atoms with van der Waals surface area (Å²) < 4.78 is 4.74.